The first kappa shape index (κ1) is 18.5. The summed E-state index contributed by atoms with van der Waals surface area (Å²) >= 11 is 3.44. The first-order valence-corrected chi connectivity index (χ1v) is 9.35. The van der Waals surface area contributed by atoms with Crippen LogP contribution in [0, 0.1) is 27.7 Å². The zero-order valence-electron chi connectivity index (χ0n) is 15.5. The lowest BCUT2D eigenvalue weighted by molar-refractivity contribution is 0.0920. The average Bonchev–Trinajstić information content (AvgIpc) is 2.91. The van der Waals surface area contributed by atoms with Crippen LogP contribution in [0.25, 0.3) is 5.69 Å². The van der Waals surface area contributed by atoms with Gasteiger partial charge in [-0.25, -0.2) is 0 Å². The van der Waals surface area contributed by atoms with Crippen LogP contribution < -0.4 is 4.74 Å². The first-order valence-electron chi connectivity index (χ1n) is 8.55. The van der Waals surface area contributed by atoms with Crippen molar-refractivity contribution in [1.82, 2.24) is 4.57 Å². The molecule has 0 saturated carbocycles. The zero-order chi connectivity index (χ0) is 18.8. The van der Waals surface area contributed by atoms with Gasteiger partial charge in [0.25, 0.3) is 0 Å². The third kappa shape index (κ3) is 3.61. The lowest BCUT2D eigenvalue weighted by atomic mass is 10.1. The summed E-state index contributed by atoms with van der Waals surface area (Å²) in [6, 6.07) is 15.8. The molecule has 2 aromatic carbocycles. The Morgan fingerprint density at radius 1 is 1.00 bits per heavy atom. The number of Topliss-reactive ketones (excluding diaryl/α,β-unsaturated/α-hetero) is 1. The first-order chi connectivity index (χ1) is 12.4. The van der Waals surface area contributed by atoms with Crippen molar-refractivity contribution in [3.05, 3.63) is 81.1 Å². The van der Waals surface area contributed by atoms with Crippen molar-refractivity contribution in [3.63, 3.8) is 0 Å². The van der Waals surface area contributed by atoms with Gasteiger partial charge in [-0.15, -0.1) is 0 Å². The Balaban J connectivity index is 1.86. The summed E-state index contributed by atoms with van der Waals surface area (Å²) in [5, 5.41) is 0. The molecule has 0 aliphatic carbocycles. The van der Waals surface area contributed by atoms with E-state index in [1.54, 1.807) is 0 Å². The predicted molar refractivity (Wildman–Crippen MR) is 109 cm³/mol. The minimum atomic E-state index is -0.0241. The van der Waals surface area contributed by atoms with Gasteiger partial charge in [0.15, 0.2) is 6.61 Å². The second-order valence-electron chi connectivity index (χ2n) is 6.53. The van der Waals surface area contributed by atoms with Crippen LogP contribution in [-0.2, 0) is 0 Å². The van der Waals surface area contributed by atoms with Gasteiger partial charge in [0, 0.05) is 22.6 Å². The Hall–Kier alpha value is -2.33. The summed E-state index contributed by atoms with van der Waals surface area (Å²) in [7, 11) is 0. The van der Waals surface area contributed by atoms with E-state index in [0.29, 0.717) is 11.3 Å². The molecule has 26 heavy (non-hydrogen) atoms. The number of ether oxygens (including phenoxy) is 1. The molecule has 0 amide bonds. The third-order valence-electron chi connectivity index (χ3n) is 4.68. The van der Waals surface area contributed by atoms with Gasteiger partial charge >= 0.3 is 0 Å². The van der Waals surface area contributed by atoms with Crippen molar-refractivity contribution in [2.24, 2.45) is 0 Å². The molecule has 3 rings (SSSR count). The molecule has 3 aromatic rings. The minimum absolute atomic E-state index is 0.0137. The Morgan fingerprint density at radius 2 is 1.73 bits per heavy atom. The Morgan fingerprint density at radius 3 is 2.42 bits per heavy atom. The largest absolute Gasteiger partial charge is 0.484 e. The maximum absolute atomic E-state index is 12.7. The predicted octanol–water partition coefficient (Wildman–Crippen LogP) is 5.74. The second-order valence-corrected chi connectivity index (χ2v) is 7.39. The highest BCUT2D eigenvalue weighted by molar-refractivity contribution is 9.10. The average molecular weight is 412 g/mol. The Bertz CT molecular complexity index is 972. The number of para-hydroxylation sites is 1. The van der Waals surface area contributed by atoms with Gasteiger partial charge in [-0.2, -0.15) is 0 Å². The third-order valence-corrected chi connectivity index (χ3v) is 5.33. The molecule has 134 valence electrons. The molecule has 4 heteroatoms. The summed E-state index contributed by atoms with van der Waals surface area (Å²) < 4.78 is 8.66. The van der Waals surface area contributed by atoms with Crippen molar-refractivity contribution in [2.75, 3.05) is 6.61 Å². The van der Waals surface area contributed by atoms with Gasteiger partial charge < -0.3 is 9.30 Å². The van der Waals surface area contributed by atoms with E-state index in [1.807, 2.05) is 44.2 Å². The summed E-state index contributed by atoms with van der Waals surface area (Å²) in [6.45, 7) is 8.22. The number of benzene rings is 2. The number of hydrogen-bond acceptors (Lipinski definition) is 2. The van der Waals surface area contributed by atoms with E-state index in [4.69, 9.17) is 4.74 Å². The molecule has 0 aliphatic rings. The van der Waals surface area contributed by atoms with Gasteiger partial charge in [0.2, 0.25) is 5.78 Å². The molecule has 3 nitrogen and oxygen atoms in total. The van der Waals surface area contributed by atoms with Gasteiger partial charge in [-0.05, 0) is 85.1 Å². The van der Waals surface area contributed by atoms with Crippen LogP contribution in [0.5, 0.6) is 5.75 Å². The Labute approximate surface area is 162 Å². The number of aromatic nitrogens is 1. The van der Waals surface area contributed by atoms with Crippen LogP contribution in [0.4, 0.5) is 0 Å². The fraction of sp³-hybridized carbons (Fsp3) is 0.227. The maximum Gasteiger partial charge on any atom is 0.202 e. The number of hydrogen-bond donors (Lipinski definition) is 0. The van der Waals surface area contributed by atoms with Crippen LogP contribution in [-0.4, -0.2) is 17.0 Å². The lowest BCUT2D eigenvalue weighted by Crippen LogP contribution is -2.13. The lowest BCUT2D eigenvalue weighted by Gasteiger charge is -2.12. The highest BCUT2D eigenvalue weighted by Gasteiger charge is 2.17. The molecule has 0 N–H and O–H groups in total. The Kier molecular flexibility index (Phi) is 5.33. The quantitative estimate of drug-likeness (QED) is 0.501. The topological polar surface area (TPSA) is 31.2 Å². The maximum atomic E-state index is 12.7. The van der Waals surface area contributed by atoms with Gasteiger partial charge in [-0.3, -0.25) is 4.79 Å². The standard InChI is InChI=1S/C22H22BrNO2/c1-14-9-10-18(11-15(14)2)24-16(3)12-19(17(24)4)21(25)13-26-22-8-6-5-7-20(22)23/h5-12H,13H2,1-4H3. The molecule has 0 saturated heterocycles. The van der Waals surface area contributed by atoms with E-state index in [9.17, 15) is 4.79 Å². The number of nitrogens with zero attached hydrogens (tertiary/aromatic N) is 1. The second kappa shape index (κ2) is 7.50. The summed E-state index contributed by atoms with van der Waals surface area (Å²) in [5.74, 6) is 0.646. The fourth-order valence-electron chi connectivity index (χ4n) is 3.09. The number of halogens is 1. The number of carbonyl (C=O) groups excluding carboxylic acids is 1. The van der Waals surface area contributed by atoms with E-state index in [0.717, 1.165) is 21.5 Å². The van der Waals surface area contributed by atoms with Crippen molar-refractivity contribution in [3.8, 4) is 11.4 Å². The van der Waals surface area contributed by atoms with Gasteiger partial charge in [0.05, 0.1) is 4.47 Å². The fourth-order valence-corrected chi connectivity index (χ4v) is 3.49. The smallest absolute Gasteiger partial charge is 0.202 e. The van der Waals surface area contributed by atoms with Crippen LogP contribution >= 0.6 is 15.9 Å². The molecule has 1 aromatic heterocycles. The normalized spacial score (nSPS) is 10.8. The number of aryl methyl sites for hydroxylation is 3. The number of carbonyl (C=O) groups is 1. The number of ketones is 1. The molecule has 0 bridgehead atoms. The molecule has 0 fully saturated rings. The molecule has 0 unspecified atom stereocenters. The van der Waals surface area contributed by atoms with Crippen molar-refractivity contribution in [1.29, 1.82) is 0 Å². The highest BCUT2D eigenvalue weighted by atomic mass is 79.9. The minimum Gasteiger partial charge on any atom is -0.484 e. The van der Waals surface area contributed by atoms with E-state index in [2.05, 4.69) is 52.5 Å². The van der Waals surface area contributed by atoms with Crippen molar-refractivity contribution < 1.29 is 9.53 Å². The molecule has 0 spiro atoms. The monoisotopic (exact) mass is 411 g/mol. The van der Waals surface area contributed by atoms with Crippen LogP contribution in [0.1, 0.15) is 32.9 Å². The molecular formula is C22H22BrNO2. The molecule has 0 radical (unpaired) electrons. The molecule has 1 heterocycles. The molecule has 0 aliphatic heterocycles. The molecule has 0 atom stereocenters. The van der Waals surface area contributed by atoms with Gasteiger partial charge in [-0.1, -0.05) is 18.2 Å². The zero-order valence-corrected chi connectivity index (χ0v) is 17.1. The summed E-state index contributed by atoms with van der Waals surface area (Å²) in [4.78, 5) is 12.7. The van der Waals surface area contributed by atoms with E-state index >= 15 is 0 Å². The van der Waals surface area contributed by atoms with Crippen LogP contribution in [0.15, 0.2) is 53.0 Å². The van der Waals surface area contributed by atoms with Crippen molar-refractivity contribution in [2.45, 2.75) is 27.7 Å². The van der Waals surface area contributed by atoms with E-state index < -0.39 is 0 Å². The van der Waals surface area contributed by atoms with E-state index in [1.165, 1.54) is 11.1 Å². The summed E-state index contributed by atoms with van der Waals surface area (Å²) in [6.07, 6.45) is 0. The van der Waals surface area contributed by atoms with Crippen LogP contribution in [0.2, 0.25) is 0 Å². The van der Waals surface area contributed by atoms with Gasteiger partial charge in [0.1, 0.15) is 5.75 Å². The molecular weight excluding hydrogens is 390 g/mol. The van der Waals surface area contributed by atoms with Crippen molar-refractivity contribution >= 4 is 21.7 Å². The summed E-state index contributed by atoms with van der Waals surface area (Å²) in [5.41, 5.74) is 6.25. The van der Waals surface area contributed by atoms with E-state index in [-0.39, 0.29) is 12.4 Å². The SMILES string of the molecule is Cc1ccc(-n2c(C)cc(C(=O)COc3ccccc3Br)c2C)cc1C. The number of rotatable bonds is 5. The van der Waals surface area contributed by atoms with Crippen LogP contribution in [0.3, 0.4) is 0 Å². The highest BCUT2D eigenvalue weighted by Crippen LogP contribution is 2.25.